The molecule has 17 heavy (non-hydrogen) atoms. The summed E-state index contributed by atoms with van der Waals surface area (Å²) in [7, 11) is 0. The third-order valence-corrected chi connectivity index (χ3v) is 2.66. The first-order valence-electron chi connectivity index (χ1n) is 5.62. The molecule has 0 amide bonds. The lowest BCUT2D eigenvalue weighted by Crippen LogP contribution is -2.28. The molecule has 0 aliphatic carbocycles. The van der Waals surface area contributed by atoms with Gasteiger partial charge in [0.05, 0.1) is 6.61 Å². The molecule has 1 saturated heterocycles. The Bertz CT molecular complexity index is 400. The zero-order valence-electron chi connectivity index (χ0n) is 9.50. The van der Waals surface area contributed by atoms with E-state index in [4.69, 9.17) is 20.4 Å². The van der Waals surface area contributed by atoms with E-state index in [2.05, 4.69) is 5.16 Å². The van der Waals surface area contributed by atoms with Crippen molar-refractivity contribution in [1.82, 2.24) is 0 Å². The molecule has 0 spiro atoms. The van der Waals surface area contributed by atoms with Gasteiger partial charge in [-0.1, -0.05) is 17.3 Å². The molecule has 5 nitrogen and oxygen atoms in total. The first kappa shape index (κ1) is 11.7. The van der Waals surface area contributed by atoms with E-state index in [1.54, 1.807) is 12.1 Å². The Balaban J connectivity index is 2.05. The molecule has 0 saturated carbocycles. The van der Waals surface area contributed by atoms with Crippen molar-refractivity contribution >= 4 is 5.84 Å². The lowest BCUT2D eigenvalue weighted by atomic mass is 10.1. The zero-order chi connectivity index (χ0) is 12.1. The smallest absolute Gasteiger partial charge is 0.170 e. The standard InChI is InChI=1S/C12H16N2O3/c13-12(14-15)9-3-1-4-10(7-9)17-11-5-2-6-16-8-11/h1,3-4,7,11,15H,2,5-6,8H2,(H2,13,14). The number of oxime groups is 1. The van der Waals surface area contributed by atoms with Gasteiger partial charge in [0.1, 0.15) is 11.9 Å². The van der Waals surface area contributed by atoms with E-state index in [0.717, 1.165) is 19.4 Å². The monoisotopic (exact) mass is 236 g/mol. The first-order chi connectivity index (χ1) is 8.29. The summed E-state index contributed by atoms with van der Waals surface area (Å²) in [5, 5.41) is 11.6. The van der Waals surface area contributed by atoms with Crippen molar-refractivity contribution in [3.63, 3.8) is 0 Å². The third-order valence-electron chi connectivity index (χ3n) is 2.66. The predicted molar refractivity (Wildman–Crippen MR) is 63.4 cm³/mol. The van der Waals surface area contributed by atoms with Crippen LogP contribution in [0.2, 0.25) is 0 Å². The summed E-state index contributed by atoms with van der Waals surface area (Å²) in [6.45, 7) is 1.43. The number of amidine groups is 1. The lowest BCUT2D eigenvalue weighted by Gasteiger charge is -2.23. The maximum absolute atomic E-state index is 8.60. The normalized spacial score (nSPS) is 21.2. The summed E-state index contributed by atoms with van der Waals surface area (Å²) in [6, 6.07) is 7.18. The van der Waals surface area contributed by atoms with E-state index >= 15 is 0 Å². The third kappa shape index (κ3) is 3.10. The van der Waals surface area contributed by atoms with Crippen LogP contribution >= 0.6 is 0 Å². The average Bonchev–Trinajstić information content (AvgIpc) is 2.39. The van der Waals surface area contributed by atoms with Crippen molar-refractivity contribution in [3.8, 4) is 5.75 Å². The Morgan fingerprint density at radius 2 is 2.41 bits per heavy atom. The predicted octanol–water partition coefficient (Wildman–Crippen LogP) is 1.34. The van der Waals surface area contributed by atoms with Crippen LogP contribution in [-0.2, 0) is 4.74 Å². The molecule has 1 fully saturated rings. The minimum Gasteiger partial charge on any atom is -0.488 e. The maximum Gasteiger partial charge on any atom is 0.170 e. The molecule has 0 aromatic heterocycles. The molecule has 1 atom stereocenters. The van der Waals surface area contributed by atoms with Crippen molar-refractivity contribution in [3.05, 3.63) is 29.8 Å². The first-order valence-corrected chi connectivity index (χ1v) is 5.62. The summed E-state index contributed by atoms with van der Waals surface area (Å²) in [5.41, 5.74) is 6.16. The van der Waals surface area contributed by atoms with Gasteiger partial charge in [-0.25, -0.2) is 0 Å². The Kier molecular flexibility index (Phi) is 3.82. The molecule has 1 heterocycles. The van der Waals surface area contributed by atoms with Crippen LogP contribution in [0.25, 0.3) is 0 Å². The number of nitrogens with two attached hydrogens (primary N) is 1. The topological polar surface area (TPSA) is 77.1 Å². The minimum absolute atomic E-state index is 0.0790. The minimum atomic E-state index is 0.0790. The van der Waals surface area contributed by atoms with Crippen LogP contribution in [0.4, 0.5) is 0 Å². The quantitative estimate of drug-likeness (QED) is 0.359. The lowest BCUT2D eigenvalue weighted by molar-refractivity contribution is 0.00742. The average molecular weight is 236 g/mol. The summed E-state index contributed by atoms with van der Waals surface area (Å²) in [5.74, 6) is 0.792. The van der Waals surface area contributed by atoms with Gasteiger partial charge in [0.15, 0.2) is 5.84 Å². The van der Waals surface area contributed by atoms with E-state index in [-0.39, 0.29) is 11.9 Å². The SMILES string of the molecule is N/C(=N/O)c1cccc(OC2CCCOC2)c1. The maximum atomic E-state index is 8.60. The molecule has 1 unspecified atom stereocenters. The molecule has 1 aliphatic rings. The Hall–Kier alpha value is -1.75. The fourth-order valence-corrected chi connectivity index (χ4v) is 1.78. The van der Waals surface area contributed by atoms with E-state index in [1.807, 2.05) is 12.1 Å². The summed E-state index contributed by atoms with van der Waals surface area (Å²) >= 11 is 0. The number of hydrogen-bond donors (Lipinski definition) is 2. The number of nitrogens with zero attached hydrogens (tertiary/aromatic N) is 1. The molecule has 0 radical (unpaired) electrons. The van der Waals surface area contributed by atoms with Crippen LogP contribution in [0.3, 0.4) is 0 Å². The molecule has 5 heteroatoms. The van der Waals surface area contributed by atoms with Crippen molar-refractivity contribution in [1.29, 1.82) is 0 Å². The van der Waals surface area contributed by atoms with E-state index in [1.165, 1.54) is 0 Å². The number of rotatable bonds is 3. The molecule has 1 aliphatic heterocycles. The molecule has 3 N–H and O–H groups in total. The molecule has 1 aromatic rings. The van der Waals surface area contributed by atoms with Gasteiger partial charge in [0.25, 0.3) is 0 Å². The van der Waals surface area contributed by atoms with Crippen molar-refractivity contribution < 1.29 is 14.7 Å². The highest BCUT2D eigenvalue weighted by molar-refractivity contribution is 5.97. The van der Waals surface area contributed by atoms with Crippen molar-refractivity contribution in [2.24, 2.45) is 10.9 Å². The highest BCUT2D eigenvalue weighted by Gasteiger charge is 2.15. The van der Waals surface area contributed by atoms with E-state index in [9.17, 15) is 0 Å². The highest BCUT2D eigenvalue weighted by Crippen LogP contribution is 2.18. The van der Waals surface area contributed by atoms with Gasteiger partial charge < -0.3 is 20.4 Å². The van der Waals surface area contributed by atoms with Crippen LogP contribution in [0.15, 0.2) is 29.4 Å². The van der Waals surface area contributed by atoms with E-state index in [0.29, 0.717) is 17.9 Å². The van der Waals surface area contributed by atoms with Gasteiger partial charge in [-0.2, -0.15) is 0 Å². The summed E-state index contributed by atoms with van der Waals surface area (Å²) in [6.07, 6.45) is 2.10. The zero-order valence-corrected chi connectivity index (χ0v) is 9.50. The highest BCUT2D eigenvalue weighted by atomic mass is 16.5. The fraction of sp³-hybridized carbons (Fsp3) is 0.417. The molecular weight excluding hydrogens is 220 g/mol. The van der Waals surface area contributed by atoms with Crippen LogP contribution in [0.1, 0.15) is 18.4 Å². The molecule has 92 valence electrons. The van der Waals surface area contributed by atoms with Gasteiger partial charge in [-0.3, -0.25) is 0 Å². The van der Waals surface area contributed by atoms with Crippen LogP contribution in [0.5, 0.6) is 5.75 Å². The molecule has 2 rings (SSSR count). The van der Waals surface area contributed by atoms with Gasteiger partial charge in [0.2, 0.25) is 0 Å². The molecular formula is C12H16N2O3. The Morgan fingerprint density at radius 3 is 3.12 bits per heavy atom. The second kappa shape index (κ2) is 5.54. The number of hydrogen-bond acceptors (Lipinski definition) is 4. The van der Waals surface area contributed by atoms with Crippen LogP contribution < -0.4 is 10.5 Å². The second-order valence-corrected chi connectivity index (χ2v) is 3.97. The second-order valence-electron chi connectivity index (χ2n) is 3.97. The van der Waals surface area contributed by atoms with Crippen LogP contribution in [-0.4, -0.2) is 30.4 Å². The summed E-state index contributed by atoms with van der Waals surface area (Å²) in [4.78, 5) is 0. The van der Waals surface area contributed by atoms with Gasteiger partial charge in [0, 0.05) is 12.2 Å². The molecule has 1 aromatic carbocycles. The van der Waals surface area contributed by atoms with Gasteiger partial charge in [-0.05, 0) is 25.0 Å². The number of benzene rings is 1. The fourth-order valence-electron chi connectivity index (χ4n) is 1.78. The van der Waals surface area contributed by atoms with Crippen molar-refractivity contribution in [2.45, 2.75) is 18.9 Å². The van der Waals surface area contributed by atoms with Gasteiger partial charge >= 0.3 is 0 Å². The Labute approximate surface area is 99.8 Å². The Morgan fingerprint density at radius 1 is 1.53 bits per heavy atom. The number of ether oxygens (including phenoxy) is 2. The largest absolute Gasteiger partial charge is 0.488 e. The van der Waals surface area contributed by atoms with Crippen LogP contribution in [0, 0.1) is 0 Å². The van der Waals surface area contributed by atoms with Crippen molar-refractivity contribution in [2.75, 3.05) is 13.2 Å². The van der Waals surface area contributed by atoms with Gasteiger partial charge in [-0.15, -0.1) is 0 Å². The molecule has 0 bridgehead atoms. The van der Waals surface area contributed by atoms with E-state index < -0.39 is 0 Å². The summed E-state index contributed by atoms with van der Waals surface area (Å²) < 4.78 is 11.1.